The van der Waals surface area contributed by atoms with Gasteiger partial charge in [-0.3, -0.25) is 4.57 Å². The summed E-state index contributed by atoms with van der Waals surface area (Å²) < 4.78 is 8.45. The van der Waals surface area contributed by atoms with Crippen molar-refractivity contribution in [1.82, 2.24) is 14.5 Å². The number of benzene rings is 3. The monoisotopic (exact) mass is 469 g/mol. The van der Waals surface area contributed by atoms with E-state index in [2.05, 4.69) is 92.0 Å². The first kappa shape index (κ1) is 20.5. The molecule has 36 heavy (non-hydrogen) atoms. The van der Waals surface area contributed by atoms with Crippen LogP contribution in [0.1, 0.15) is 0 Å². The molecule has 6 heteroatoms. The van der Waals surface area contributed by atoms with Gasteiger partial charge in [-0.2, -0.15) is 0 Å². The van der Waals surface area contributed by atoms with E-state index in [4.69, 9.17) is 4.74 Å². The smallest absolute Gasteiger partial charge is 0.221 e. The van der Waals surface area contributed by atoms with Crippen molar-refractivity contribution in [2.45, 2.75) is 0 Å². The van der Waals surface area contributed by atoms with E-state index < -0.39 is 0 Å². The van der Waals surface area contributed by atoms with Crippen LogP contribution in [-0.2, 0) is 0 Å². The van der Waals surface area contributed by atoms with Crippen molar-refractivity contribution in [2.75, 3.05) is 23.5 Å². The maximum Gasteiger partial charge on any atom is 0.221 e. The van der Waals surface area contributed by atoms with E-state index in [1.807, 2.05) is 42.6 Å². The number of fused-ring (bicyclic) bond motifs is 4. The summed E-state index contributed by atoms with van der Waals surface area (Å²) in [7, 11) is 2.10. The standard InChI is InChI=1S/C30H23N5O/c1-33-20-34(28-14-5-4-13-27(28)33)21-15-17-31-29(19-21)36-23-9-6-8-22(18-23)35-26-12-3-2-10-24(26)25-11-7-16-32-30(25)35/h2-19H,20H2,1H3. The summed E-state index contributed by atoms with van der Waals surface area (Å²) in [6.45, 7) is 0.777. The fourth-order valence-electron chi connectivity index (χ4n) is 5.09. The van der Waals surface area contributed by atoms with Crippen molar-refractivity contribution >= 4 is 39.0 Å². The van der Waals surface area contributed by atoms with E-state index in [0.29, 0.717) is 5.88 Å². The highest BCUT2D eigenvalue weighted by molar-refractivity contribution is 6.07. The molecule has 0 saturated heterocycles. The molecule has 0 fully saturated rings. The molecule has 0 unspecified atom stereocenters. The summed E-state index contributed by atoms with van der Waals surface area (Å²) in [5.41, 5.74) is 6.46. The topological polar surface area (TPSA) is 46.4 Å². The predicted octanol–water partition coefficient (Wildman–Crippen LogP) is 6.91. The highest BCUT2D eigenvalue weighted by Crippen LogP contribution is 2.40. The third-order valence-electron chi connectivity index (χ3n) is 6.70. The molecule has 3 aromatic heterocycles. The van der Waals surface area contributed by atoms with E-state index >= 15 is 0 Å². The Morgan fingerprint density at radius 2 is 1.53 bits per heavy atom. The van der Waals surface area contributed by atoms with Crippen molar-refractivity contribution in [2.24, 2.45) is 0 Å². The van der Waals surface area contributed by atoms with Gasteiger partial charge < -0.3 is 14.5 Å². The van der Waals surface area contributed by atoms with Gasteiger partial charge in [0.15, 0.2) is 0 Å². The van der Waals surface area contributed by atoms with Crippen molar-refractivity contribution < 1.29 is 4.74 Å². The molecule has 174 valence electrons. The number of nitrogens with zero attached hydrogens (tertiary/aromatic N) is 5. The van der Waals surface area contributed by atoms with Crippen LogP contribution in [0.5, 0.6) is 11.6 Å². The lowest BCUT2D eigenvalue weighted by atomic mass is 10.2. The van der Waals surface area contributed by atoms with Crippen LogP contribution in [0, 0.1) is 0 Å². The third kappa shape index (κ3) is 3.26. The summed E-state index contributed by atoms with van der Waals surface area (Å²) in [5, 5.41) is 2.31. The van der Waals surface area contributed by atoms with Gasteiger partial charge >= 0.3 is 0 Å². The molecule has 4 heterocycles. The Morgan fingerprint density at radius 3 is 2.47 bits per heavy atom. The lowest BCUT2D eigenvalue weighted by Gasteiger charge is -2.20. The summed E-state index contributed by atoms with van der Waals surface area (Å²) in [4.78, 5) is 13.7. The molecule has 1 aliphatic rings. The Kier molecular flexibility index (Phi) is 4.64. The largest absolute Gasteiger partial charge is 0.439 e. The number of aromatic nitrogens is 3. The molecular weight excluding hydrogens is 446 g/mol. The minimum Gasteiger partial charge on any atom is -0.439 e. The zero-order valence-electron chi connectivity index (χ0n) is 19.7. The third-order valence-corrected chi connectivity index (χ3v) is 6.70. The second-order valence-corrected chi connectivity index (χ2v) is 8.93. The van der Waals surface area contributed by atoms with Crippen LogP contribution in [0.15, 0.2) is 109 Å². The molecule has 6 nitrogen and oxygen atoms in total. The van der Waals surface area contributed by atoms with Gasteiger partial charge in [0.2, 0.25) is 5.88 Å². The molecular formula is C30H23N5O. The molecule has 0 saturated carbocycles. The Labute approximate surface area is 208 Å². The average molecular weight is 470 g/mol. The molecule has 0 radical (unpaired) electrons. The van der Waals surface area contributed by atoms with Gasteiger partial charge in [0, 0.05) is 48.0 Å². The quantitative estimate of drug-likeness (QED) is 0.281. The zero-order valence-corrected chi connectivity index (χ0v) is 19.7. The van der Waals surface area contributed by atoms with Crippen LogP contribution in [-0.4, -0.2) is 28.3 Å². The highest BCUT2D eigenvalue weighted by Gasteiger charge is 2.24. The molecule has 3 aromatic carbocycles. The first-order valence-corrected chi connectivity index (χ1v) is 11.9. The van der Waals surface area contributed by atoms with Crippen LogP contribution >= 0.6 is 0 Å². The number of ether oxygens (including phenoxy) is 1. The van der Waals surface area contributed by atoms with Gasteiger partial charge in [0.1, 0.15) is 11.4 Å². The lowest BCUT2D eigenvalue weighted by Crippen LogP contribution is -2.23. The van der Waals surface area contributed by atoms with Crippen LogP contribution in [0.2, 0.25) is 0 Å². The van der Waals surface area contributed by atoms with Gasteiger partial charge in [-0.15, -0.1) is 0 Å². The minimum atomic E-state index is 0.553. The second kappa shape index (κ2) is 8.13. The summed E-state index contributed by atoms with van der Waals surface area (Å²) >= 11 is 0. The number of hydrogen-bond donors (Lipinski definition) is 0. The normalized spacial score (nSPS) is 12.9. The second-order valence-electron chi connectivity index (χ2n) is 8.93. The molecule has 0 N–H and O–H groups in total. The molecule has 0 amide bonds. The maximum absolute atomic E-state index is 6.27. The number of rotatable bonds is 4. The Hall–Kier alpha value is -4.84. The fourth-order valence-corrected chi connectivity index (χ4v) is 5.09. The minimum absolute atomic E-state index is 0.553. The maximum atomic E-state index is 6.27. The van der Waals surface area contributed by atoms with Crippen molar-refractivity contribution in [1.29, 1.82) is 0 Å². The van der Waals surface area contributed by atoms with Crippen molar-refractivity contribution in [3.63, 3.8) is 0 Å². The fraction of sp³-hybridized carbons (Fsp3) is 0.0667. The van der Waals surface area contributed by atoms with Crippen LogP contribution in [0.4, 0.5) is 17.1 Å². The van der Waals surface area contributed by atoms with Crippen molar-refractivity contribution in [3.8, 4) is 17.3 Å². The molecule has 6 aromatic rings. The van der Waals surface area contributed by atoms with E-state index in [-0.39, 0.29) is 0 Å². The first-order chi connectivity index (χ1) is 17.8. The predicted molar refractivity (Wildman–Crippen MR) is 145 cm³/mol. The van der Waals surface area contributed by atoms with Gasteiger partial charge in [0.25, 0.3) is 0 Å². The summed E-state index contributed by atoms with van der Waals surface area (Å²) in [5.74, 6) is 1.27. The lowest BCUT2D eigenvalue weighted by molar-refractivity contribution is 0.463. The van der Waals surface area contributed by atoms with Gasteiger partial charge in [0.05, 0.1) is 29.2 Å². The number of para-hydroxylation sites is 3. The van der Waals surface area contributed by atoms with Crippen LogP contribution < -0.4 is 14.5 Å². The number of pyridine rings is 2. The number of anilines is 3. The van der Waals surface area contributed by atoms with E-state index in [0.717, 1.165) is 40.3 Å². The van der Waals surface area contributed by atoms with E-state index in [1.165, 1.54) is 16.8 Å². The Bertz CT molecular complexity index is 1690. The van der Waals surface area contributed by atoms with Gasteiger partial charge in [-0.1, -0.05) is 36.4 Å². The SMILES string of the molecule is CN1CN(c2ccnc(Oc3cccc(-n4c5ccccc5c5cccnc54)c3)c2)c2ccccc21. The number of hydrogen-bond acceptors (Lipinski definition) is 5. The Morgan fingerprint density at radius 1 is 0.694 bits per heavy atom. The highest BCUT2D eigenvalue weighted by atomic mass is 16.5. The molecule has 0 spiro atoms. The van der Waals surface area contributed by atoms with Crippen molar-refractivity contribution in [3.05, 3.63) is 109 Å². The zero-order chi connectivity index (χ0) is 24.1. The molecule has 0 aliphatic carbocycles. The average Bonchev–Trinajstić information content (AvgIpc) is 3.44. The van der Waals surface area contributed by atoms with Crippen LogP contribution in [0.3, 0.4) is 0 Å². The van der Waals surface area contributed by atoms with E-state index in [1.54, 1.807) is 6.20 Å². The first-order valence-electron chi connectivity index (χ1n) is 11.9. The van der Waals surface area contributed by atoms with E-state index in [9.17, 15) is 0 Å². The molecule has 0 atom stereocenters. The summed E-state index contributed by atoms with van der Waals surface area (Å²) in [6.07, 6.45) is 3.63. The molecule has 7 rings (SSSR count). The van der Waals surface area contributed by atoms with Gasteiger partial charge in [-0.05, 0) is 48.5 Å². The molecule has 0 bridgehead atoms. The van der Waals surface area contributed by atoms with Gasteiger partial charge in [-0.25, -0.2) is 9.97 Å². The van der Waals surface area contributed by atoms with Crippen LogP contribution in [0.25, 0.3) is 27.6 Å². The summed E-state index contributed by atoms with van der Waals surface area (Å²) in [6, 6.07) is 33.0. The Balaban J connectivity index is 1.25. The molecule has 1 aliphatic heterocycles.